The number of pyridine rings is 1. The minimum atomic E-state index is -0.393. The van der Waals surface area contributed by atoms with Crippen molar-refractivity contribution in [3.05, 3.63) is 63.1 Å². The fraction of sp³-hybridized carbons (Fsp3) is 0.278. The third-order valence-electron chi connectivity index (χ3n) is 4.11. The molecule has 25 heavy (non-hydrogen) atoms. The number of rotatable bonds is 5. The van der Waals surface area contributed by atoms with Crippen LogP contribution in [0.5, 0.6) is 0 Å². The number of halogens is 1. The summed E-state index contributed by atoms with van der Waals surface area (Å²) in [5, 5.41) is 2.74. The second kappa shape index (κ2) is 6.88. The SMILES string of the molecule is Cc1cc(C(=O)NCCCc2nc3ccc(F)cc3[nH]2)c(=O)[nH]c1C. The van der Waals surface area contributed by atoms with Crippen LogP contribution >= 0.6 is 0 Å². The van der Waals surface area contributed by atoms with Gasteiger partial charge in [-0.15, -0.1) is 0 Å². The van der Waals surface area contributed by atoms with Gasteiger partial charge in [-0.25, -0.2) is 9.37 Å². The number of nitrogens with zero attached hydrogens (tertiary/aromatic N) is 1. The van der Waals surface area contributed by atoms with Crippen LogP contribution in [0.1, 0.15) is 33.9 Å². The van der Waals surface area contributed by atoms with E-state index >= 15 is 0 Å². The van der Waals surface area contributed by atoms with Gasteiger partial charge in [0.2, 0.25) is 0 Å². The van der Waals surface area contributed by atoms with E-state index in [1.165, 1.54) is 12.1 Å². The highest BCUT2D eigenvalue weighted by Gasteiger charge is 2.11. The number of aromatic nitrogens is 3. The Bertz CT molecular complexity index is 990. The third kappa shape index (κ3) is 3.76. The molecule has 2 aromatic heterocycles. The summed E-state index contributed by atoms with van der Waals surface area (Å²) in [4.78, 5) is 34.1. The summed E-state index contributed by atoms with van der Waals surface area (Å²) < 4.78 is 13.2. The van der Waals surface area contributed by atoms with Crippen LogP contribution in [-0.2, 0) is 6.42 Å². The van der Waals surface area contributed by atoms with Gasteiger partial charge in [0.05, 0.1) is 11.0 Å². The Labute approximate surface area is 143 Å². The van der Waals surface area contributed by atoms with Gasteiger partial charge in [0, 0.05) is 18.7 Å². The van der Waals surface area contributed by atoms with Gasteiger partial charge in [0.15, 0.2) is 0 Å². The molecule has 0 bridgehead atoms. The lowest BCUT2D eigenvalue weighted by molar-refractivity contribution is 0.0951. The second-order valence-electron chi connectivity index (χ2n) is 6.02. The average molecular weight is 342 g/mol. The highest BCUT2D eigenvalue weighted by Crippen LogP contribution is 2.13. The molecule has 1 amide bonds. The van der Waals surface area contributed by atoms with Gasteiger partial charge in [-0.05, 0) is 50.1 Å². The Kier molecular flexibility index (Phi) is 4.65. The Morgan fingerprint density at radius 3 is 2.84 bits per heavy atom. The van der Waals surface area contributed by atoms with Crippen molar-refractivity contribution in [2.75, 3.05) is 6.54 Å². The lowest BCUT2D eigenvalue weighted by Gasteiger charge is -2.06. The first-order valence-electron chi connectivity index (χ1n) is 8.07. The summed E-state index contributed by atoms with van der Waals surface area (Å²) in [5.74, 6) is 0.0310. The first kappa shape index (κ1) is 16.9. The fourth-order valence-corrected chi connectivity index (χ4v) is 2.60. The molecular weight excluding hydrogens is 323 g/mol. The molecule has 0 aliphatic carbocycles. The molecule has 0 saturated heterocycles. The largest absolute Gasteiger partial charge is 0.352 e. The van der Waals surface area contributed by atoms with E-state index in [0.717, 1.165) is 17.1 Å². The maximum Gasteiger partial charge on any atom is 0.261 e. The van der Waals surface area contributed by atoms with Crippen molar-refractivity contribution in [1.29, 1.82) is 0 Å². The van der Waals surface area contributed by atoms with Crippen LogP contribution < -0.4 is 10.9 Å². The number of hydrogen-bond acceptors (Lipinski definition) is 3. The van der Waals surface area contributed by atoms with E-state index < -0.39 is 5.91 Å². The van der Waals surface area contributed by atoms with E-state index in [1.807, 2.05) is 6.92 Å². The number of nitrogens with one attached hydrogen (secondary N) is 3. The first-order chi connectivity index (χ1) is 11.9. The smallest absolute Gasteiger partial charge is 0.261 e. The number of carbonyl (C=O) groups is 1. The molecule has 130 valence electrons. The van der Waals surface area contributed by atoms with Gasteiger partial charge < -0.3 is 15.3 Å². The topological polar surface area (TPSA) is 90.6 Å². The van der Waals surface area contributed by atoms with Gasteiger partial charge in [-0.2, -0.15) is 0 Å². The summed E-state index contributed by atoms with van der Waals surface area (Å²) in [6.45, 7) is 4.04. The summed E-state index contributed by atoms with van der Waals surface area (Å²) in [6.07, 6.45) is 1.26. The first-order valence-corrected chi connectivity index (χ1v) is 8.07. The minimum Gasteiger partial charge on any atom is -0.352 e. The summed E-state index contributed by atoms with van der Waals surface area (Å²) in [6, 6.07) is 5.99. The Hall–Kier alpha value is -2.96. The molecule has 6 nitrogen and oxygen atoms in total. The standard InChI is InChI=1S/C18H19FN4O2/c1-10-8-13(18(25)21-11(10)2)17(24)20-7-3-4-16-22-14-6-5-12(19)9-15(14)23-16/h5-6,8-9H,3-4,7H2,1-2H3,(H,20,24)(H,21,25)(H,22,23). The van der Waals surface area contributed by atoms with E-state index in [-0.39, 0.29) is 16.9 Å². The molecule has 0 aliphatic rings. The molecule has 1 aromatic carbocycles. The number of aryl methyl sites for hydroxylation is 3. The monoisotopic (exact) mass is 342 g/mol. The van der Waals surface area contributed by atoms with E-state index in [0.29, 0.717) is 30.4 Å². The van der Waals surface area contributed by atoms with Crippen molar-refractivity contribution in [2.45, 2.75) is 26.7 Å². The molecular formula is C18H19FN4O2. The van der Waals surface area contributed by atoms with Crippen molar-refractivity contribution in [2.24, 2.45) is 0 Å². The number of aromatic amines is 2. The molecule has 0 atom stereocenters. The summed E-state index contributed by atoms with van der Waals surface area (Å²) >= 11 is 0. The quantitative estimate of drug-likeness (QED) is 0.622. The van der Waals surface area contributed by atoms with Crippen molar-refractivity contribution < 1.29 is 9.18 Å². The van der Waals surface area contributed by atoms with Gasteiger partial charge in [0.25, 0.3) is 11.5 Å². The molecule has 0 aliphatic heterocycles. The van der Waals surface area contributed by atoms with Crippen molar-refractivity contribution >= 4 is 16.9 Å². The number of imidazole rings is 1. The highest BCUT2D eigenvalue weighted by atomic mass is 19.1. The van der Waals surface area contributed by atoms with E-state index in [4.69, 9.17) is 0 Å². The Morgan fingerprint density at radius 1 is 1.24 bits per heavy atom. The summed E-state index contributed by atoms with van der Waals surface area (Å²) in [7, 11) is 0. The van der Waals surface area contributed by atoms with E-state index in [9.17, 15) is 14.0 Å². The Balaban J connectivity index is 1.56. The maximum atomic E-state index is 13.2. The number of carbonyl (C=O) groups excluding carboxylic acids is 1. The predicted octanol–water partition coefficient (Wildman–Crippen LogP) is 2.37. The minimum absolute atomic E-state index is 0.113. The summed E-state index contributed by atoms with van der Waals surface area (Å²) in [5.41, 5.74) is 2.70. The van der Waals surface area contributed by atoms with Crippen LogP contribution in [0.25, 0.3) is 11.0 Å². The predicted molar refractivity (Wildman–Crippen MR) is 93.2 cm³/mol. The van der Waals surface area contributed by atoms with Gasteiger partial charge >= 0.3 is 0 Å². The molecule has 3 aromatic rings. The molecule has 0 unspecified atom stereocenters. The molecule has 0 fully saturated rings. The molecule has 3 N–H and O–H groups in total. The third-order valence-corrected chi connectivity index (χ3v) is 4.11. The van der Waals surface area contributed by atoms with Crippen molar-refractivity contribution in [1.82, 2.24) is 20.3 Å². The zero-order valence-corrected chi connectivity index (χ0v) is 14.1. The highest BCUT2D eigenvalue weighted by molar-refractivity contribution is 5.94. The lowest BCUT2D eigenvalue weighted by Crippen LogP contribution is -2.31. The fourth-order valence-electron chi connectivity index (χ4n) is 2.60. The maximum absolute atomic E-state index is 13.2. The second-order valence-corrected chi connectivity index (χ2v) is 6.02. The zero-order chi connectivity index (χ0) is 18.0. The molecule has 0 spiro atoms. The molecule has 0 saturated carbocycles. The molecule has 0 radical (unpaired) electrons. The van der Waals surface area contributed by atoms with Crippen molar-refractivity contribution in [3.63, 3.8) is 0 Å². The van der Waals surface area contributed by atoms with Crippen LogP contribution in [0.15, 0.2) is 29.1 Å². The van der Waals surface area contributed by atoms with Crippen LogP contribution in [0.2, 0.25) is 0 Å². The van der Waals surface area contributed by atoms with Gasteiger partial charge in [0.1, 0.15) is 17.2 Å². The number of H-pyrrole nitrogens is 2. The molecule has 7 heteroatoms. The lowest BCUT2D eigenvalue weighted by atomic mass is 10.1. The molecule has 2 heterocycles. The van der Waals surface area contributed by atoms with E-state index in [2.05, 4.69) is 20.3 Å². The van der Waals surface area contributed by atoms with Crippen LogP contribution in [0, 0.1) is 19.7 Å². The van der Waals surface area contributed by atoms with Crippen LogP contribution in [-0.4, -0.2) is 27.4 Å². The van der Waals surface area contributed by atoms with Gasteiger partial charge in [-0.3, -0.25) is 9.59 Å². The molecule has 3 rings (SSSR count). The normalized spacial score (nSPS) is 11.0. The average Bonchev–Trinajstić information content (AvgIpc) is 2.96. The van der Waals surface area contributed by atoms with Gasteiger partial charge in [-0.1, -0.05) is 0 Å². The van der Waals surface area contributed by atoms with Crippen LogP contribution in [0.4, 0.5) is 4.39 Å². The number of fused-ring (bicyclic) bond motifs is 1. The number of benzene rings is 1. The number of hydrogen-bond donors (Lipinski definition) is 3. The Morgan fingerprint density at radius 2 is 2.04 bits per heavy atom. The van der Waals surface area contributed by atoms with Crippen molar-refractivity contribution in [3.8, 4) is 0 Å². The van der Waals surface area contributed by atoms with E-state index in [1.54, 1.807) is 19.1 Å². The van der Waals surface area contributed by atoms with Crippen LogP contribution in [0.3, 0.4) is 0 Å². The number of amides is 1. The zero-order valence-electron chi connectivity index (χ0n) is 14.1.